The van der Waals surface area contributed by atoms with Gasteiger partial charge in [0, 0.05) is 11.6 Å². The van der Waals surface area contributed by atoms with Gasteiger partial charge in [-0.05, 0) is 36.2 Å². The van der Waals surface area contributed by atoms with E-state index in [0.717, 1.165) is 16.7 Å². The quantitative estimate of drug-likeness (QED) is 0.834. The molecule has 94 valence electrons. The number of benzene rings is 1. The highest BCUT2D eigenvalue weighted by atomic mass is 19.1. The number of aryl methyl sites for hydroxylation is 1. The fourth-order valence-corrected chi connectivity index (χ4v) is 1.78. The molecule has 2 aromatic rings. The Balaban J connectivity index is 2.59. The van der Waals surface area contributed by atoms with E-state index in [-0.39, 0.29) is 5.82 Å². The van der Waals surface area contributed by atoms with Crippen molar-refractivity contribution in [2.45, 2.75) is 6.92 Å². The van der Waals surface area contributed by atoms with Crippen molar-refractivity contribution in [2.75, 3.05) is 14.2 Å². The minimum Gasteiger partial charge on any atom is -0.481 e. The first-order chi connectivity index (χ1) is 8.65. The average molecular weight is 247 g/mol. The fourth-order valence-electron chi connectivity index (χ4n) is 1.78. The highest BCUT2D eigenvalue weighted by Crippen LogP contribution is 2.32. The Labute approximate surface area is 105 Å². The van der Waals surface area contributed by atoms with E-state index in [1.807, 2.05) is 13.0 Å². The van der Waals surface area contributed by atoms with Gasteiger partial charge in [-0.1, -0.05) is 6.07 Å². The molecule has 0 aliphatic rings. The van der Waals surface area contributed by atoms with Gasteiger partial charge in [0.2, 0.25) is 11.8 Å². The number of methoxy groups -OCH3 is 2. The molecule has 0 saturated carbocycles. The molecule has 0 unspecified atom stereocenters. The molecule has 0 amide bonds. The second-order valence-electron chi connectivity index (χ2n) is 3.87. The van der Waals surface area contributed by atoms with Crippen LogP contribution in [0.2, 0.25) is 0 Å². The van der Waals surface area contributed by atoms with Gasteiger partial charge < -0.3 is 9.47 Å². The van der Waals surface area contributed by atoms with E-state index in [2.05, 4.69) is 4.98 Å². The zero-order valence-electron chi connectivity index (χ0n) is 10.5. The van der Waals surface area contributed by atoms with Gasteiger partial charge in [-0.15, -0.1) is 0 Å². The van der Waals surface area contributed by atoms with Crippen LogP contribution in [0.4, 0.5) is 4.39 Å². The van der Waals surface area contributed by atoms with Crippen molar-refractivity contribution in [1.29, 1.82) is 0 Å². The molecule has 0 radical (unpaired) electrons. The standard InChI is InChI=1S/C14H14FNO2/c1-9-4-5-10(15)8-12(9)11-6-7-13(17-2)16-14(11)18-3/h4-8H,1-3H3. The summed E-state index contributed by atoms with van der Waals surface area (Å²) in [5.74, 6) is 0.598. The van der Waals surface area contributed by atoms with Crippen molar-refractivity contribution in [3.63, 3.8) is 0 Å². The molecule has 0 fully saturated rings. The number of halogens is 1. The first-order valence-electron chi connectivity index (χ1n) is 5.51. The van der Waals surface area contributed by atoms with Crippen LogP contribution in [0, 0.1) is 12.7 Å². The van der Waals surface area contributed by atoms with E-state index in [0.29, 0.717) is 11.8 Å². The van der Waals surface area contributed by atoms with Crippen LogP contribution in [0.5, 0.6) is 11.8 Å². The maximum absolute atomic E-state index is 13.3. The average Bonchev–Trinajstić information content (AvgIpc) is 2.41. The third kappa shape index (κ3) is 2.27. The van der Waals surface area contributed by atoms with Crippen LogP contribution >= 0.6 is 0 Å². The summed E-state index contributed by atoms with van der Waals surface area (Å²) in [5.41, 5.74) is 2.47. The van der Waals surface area contributed by atoms with Gasteiger partial charge in [-0.3, -0.25) is 0 Å². The van der Waals surface area contributed by atoms with Crippen molar-refractivity contribution in [2.24, 2.45) is 0 Å². The molecule has 0 atom stereocenters. The second kappa shape index (κ2) is 5.04. The Bertz CT molecular complexity index is 570. The van der Waals surface area contributed by atoms with Crippen LogP contribution in [-0.4, -0.2) is 19.2 Å². The maximum Gasteiger partial charge on any atom is 0.224 e. The Morgan fingerprint density at radius 2 is 1.78 bits per heavy atom. The first-order valence-corrected chi connectivity index (χ1v) is 5.51. The molecule has 1 aromatic heterocycles. The predicted octanol–water partition coefficient (Wildman–Crippen LogP) is 3.21. The smallest absolute Gasteiger partial charge is 0.224 e. The van der Waals surface area contributed by atoms with E-state index < -0.39 is 0 Å². The largest absolute Gasteiger partial charge is 0.481 e. The Morgan fingerprint density at radius 1 is 1.00 bits per heavy atom. The molecule has 0 spiro atoms. The van der Waals surface area contributed by atoms with Crippen molar-refractivity contribution in [3.05, 3.63) is 41.7 Å². The molecule has 0 saturated heterocycles. The number of nitrogens with zero attached hydrogens (tertiary/aromatic N) is 1. The van der Waals surface area contributed by atoms with E-state index in [4.69, 9.17) is 9.47 Å². The highest BCUT2D eigenvalue weighted by Gasteiger charge is 2.12. The van der Waals surface area contributed by atoms with Crippen LogP contribution in [0.15, 0.2) is 30.3 Å². The van der Waals surface area contributed by atoms with Gasteiger partial charge in [0.15, 0.2) is 0 Å². The summed E-state index contributed by atoms with van der Waals surface area (Å²) in [6.45, 7) is 1.92. The van der Waals surface area contributed by atoms with E-state index in [1.165, 1.54) is 26.4 Å². The number of ether oxygens (including phenoxy) is 2. The van der Waals surface area contributed by atoms with Gasteiger partial charge in [0.25, 0.3) is 0 Å². The summed E-state index contributed by atoms with van der Waals surface area (Å²) >= 11 is 0. The molecular weight excluding hydrogens is 233 g/mol. The number of hydrogen-bond acceptors (Lipinski definition) is 3. The lowest BCUT2D eigenvalue weighted by Gasteiger charge is -2.11. The van der Waals surface area contributed by atoms with E-state index in [9.17, 15) is 4.39 Å². The van der Waals surface area contributed by atoms with E-state index >= 15 is 0 Å². The molecule has 2 rings (SSSR count). The van der Waals surface area contributed by atoms with Gasteiger partial charge in [0.05, 0.1) is 14.2 Å². The van der Waals surface area contributed by atoms with Crippen LogP contribution in [0.1, 0.15) is 5.56 Å². The highest BCUT2D eigenvalue weighted by molar-refractivity contribution is 5.72. The molecule has 3 nitrogen and oxygen atoms in total. The zero-order chi connectivity index (χ0) is 13.1. The number of rotatable bonds is 3. The lowest BCUT2D eigenvalue weighted by atomic mass is 10.0. The summed E-state index contributed by atoms with van der Waals surface area (Å²) in [6.07, 6.45) is 0. The Kier molecular flexibility index (Phi) is 3.46. The molecule has 4 heteroatoms. The third-order valence-corrected chi connectivity index (χ3v) is 2.73. The van der Waals surface area contributed by atoms with Crippen molar-refractivity contribution < 1.29 is 13.9 Å². The van der Waals surface area contributed by atoms with Crippen molar-refractivity contribution in [3.8, 4) is 22.9 Å². The minimum atomic E-state index is -0.284. The predicted molar refractivity (Wildman–Crippen MR) is 67.5 cm³/mol. The lowest BCUT2D eigenvalue weighted by Crippen LogP contribution is -1.96. The normalized spacial score (nSPS) is 10.2. The Hall–Kier alpha value is -2.10. The van der Waals surface area contributed by atoms with Crippen LogP contribution < -0.4 is 9.47 Å². The molecule has 0 aliphatic carbocycles. The Morgan fingerprint density at radius 3 is 2.44 bits per heavy atom. The van der Waals surface area contributed by atoms with Crippen LogP contribution in [-0.2, 0) is 0 Å². The van der Waals surface area contributed by atoms with Gasteiger partial charge in [0.1, 0.15) is 5.82 Å². The summed E-state index contributed by atoms with van der Waals surface area (Å²) in [5, 5.41) is 0. The fraction of sp³-hybridized carbons (Fsp3) is 0.214. The molecular formula is C14H14FNO2. The molecule has 0 aliphatic heterocycles. The lowest BCUT2D eigenvalue weighted by molar-refractivity contribution is 0.366. The summed E-state index contributed by atoms with van der Waals surface area (Å²) in [4.78, 5) is 4.19. The second-order valence-corrected chi connectivity index (χ2v) is 3.87. The van der Waals surface area contributed by atoms with E-state index in [1.54, 1.807) is 12.1 Å². The van der Waals surface area contributed by atoms with Crippen LogP contribution in [0.25, 0.3) is 11.1 Å². The summed E-state index contributed by atoms with van der Waals surface area (Å²) in [6, 6.07) is 8.17. The summed E-state index contributed by atoms with van der Waals surface area (Å²) in [7, 11) is 3.06. The minimum absolute atomic E-state index is 0.284. The first kappa shape index (κ1) is 12.4. The SMILES string of the molecule is COc1ccc(-c2cc(F)ccc2C)c(OC)n1. The van der Waals surface area contributed by atoms with Crippen molar-refractivity contribution >= 4 is 0 Å². The third-order valence-electron chi connectivity index (χ3n) is 2.73. The van der Waals surface area contributed by atoms with Gasteiger partial charge >= 0.3 is 0 Å². The van der Waals surface area contributed by atoms with Crippen molar-refractivity contribution in [1.82, 2.24) is 4.98 Å². The maximum atomic E-state index is 13.3. The van der Waals surface area contributed by atoms with Gasteiger partial charge in [-0.25, -0.2) is 4.39 Å². The molecule has 18 heavy (non-hydrogen) atoms. The molecule has 1 heterocycles. The number of aromatic nitrogens is 1. The zero-order valence-corrected chi connectivity index (χ0v) is 10.5. The summed E-state index contributed by atoms with van der Waals surface area (Å²) < 4.78 is 23.6. The van der Waals surface area contributed by atoms with Crippen LogP contribution in [0.3, 0.4) is 0 Å². The molecule has 0 bridgehead atoms. The van der Waals surface area contributed by atoms with Gasteiger partial charge in [-0.2, -0.15) is 4.98 Å². The topological polar surface area (TPSA) is 31.4 Å². The molecule has 0 N–H and O–H groups in total. The number of pyridine rings is 1. The number of hydrogen-bond donors (Lipinski definition) is 0. The molecule has 1 aromatic carbocycles. The monoisotopic (exact) mass is 247 g/mol.